The molecule has 0 aliphatic carbocycles. The Hall–Kier alpha value is -7.41. The van der Waals surface area contributed by atoms with Gasteiger partial charge in [0.25, 0.3) is 0 Å². The molecule has 12 rings (SSSR count). The van der Waals surface area contributed by atoms with E-state index in [2.05, 4.69) is 138 Å². The van der Waals surface area contributed by atoms with Gasteiger partial charge in [0.1, 0.15) is 11.2 Å². The Morgan fingerprint density at radius 1 is 0.404 bits per heavy atom. The molecule has 0 saturated carbocycles. The third kappa shape index (κ3) is 5.04. The minimum absolute atomic E-state index is 0.635. The lowest BCUT2D eigenvalue weighted by Crippen LogP contribution is -2.00. The van der Waals surface area contributed by atoms with E-state index < -0.39 is 0 Å². The first kappa shape index (κ1) is 31.9. The van der Waals surface area contributed by atoms with E-state index in [-0.39, 0.29) is 0 Å². The van der Waals surface area contributed by atoms with Gasteiger partial charge in [-0.15, -0.1) is 11.3 Å². The smallest absolute Gasteiger partial charge is 0.165 e. The summed E-state index contributed by atoms with van der Waals surface area (Å²) >= 11 is 1.77. The van der Waals surface area contributed by atoms with Crippen LogP contribution in [0, 0.1) is 0 Å². The molecule has 8 aromatic carbocycles. The van der Waals surface area contributed by atoms with Crippen molar-refractivity contribution in [2.24, 2.45) is 0 Å². The third-order valence-corrected chi connectivity index (χ3v) is 12.3. The van der Waals surface area contributed by atoms with Gasteiger partial charge in [-0.1, -0.05) is 127 Å². The van der Waals surface area contributed by atoms with Gasteiger partial charge in [0.05, 0.1) is 11.0 Å². The largest absolute Gasteiger partial charge is 0.456 e. The van der Waals surface area contributed by atoms with Crippen molar-refractivity contribution in [1.82, 2.24) is 19.5 Å². The summed E-state index contributed by atoms with van der Waals surface area (Å²) in [5, 5.41) is 7.06. The average Bonchev–Trinajstić information content (AvgIpc) is 3.96. The molecule has 12 aromatic rings. The van der Waals surface area contributed by atoms with Gasteiger partial charge in [-0.25, -0.2) is 15.0 Å². The number of furan rings is 1. The molecule has 0 radical (unpaired) electrons. The first-order valence-electron chi connectivity index (χ1n) is 19.0. The molecule has 0 N–H and O–H groups in total. The van der Waals surface area contributed by atoms with Crippen LogP contribution in [0.15, 0.2) is 186 Å². The van der Waals surface area contributed by atoms with E-state index in [1.165, 1.54) is 31.9 Å². The van der Waals surface area contributed by atoms with E-state index in [1.54, 1.807) is 11.3 Å². The van der Waals surface area contributed by atoms with Crippen molar-refractivity contribution in [2.75, 3.05) is 0 Å². The van der Waals surface area contributed by atoms with E-state index >= 15 is 0 Å². The molecule has 0 amide bonds. The summed E-state index contributed by atoms with van der Waals surface area (Å²) < 4.78 is 11.1. The standard InChI is InChI=1S/C51H30N4OS/c1-3-13-32(14-4-1)49-52-50(33-15-5-2-6-16-33)54-51(53-49)40-30-34(29-39-47-45(57-48(39)40)28-27-44-46(47)38-19-9-12-22-43(38)56-44)31-23-25-35(26-24-31)55-41-20-10-7-17-36(41)37-18-8-11-21-42(37)55/h1-30H. The number of rotatable bonds is 5. The fourth-order valence-electron chi connectivity index (χ4n) is 8.45. The van der Waals surface area contributed by atoms with Gasteiger partial charge in [-0.2, -0.15) is 0 Å². The fourth-order valence-corrected chi connectivity index (χ4v) is 9.65. The van der Waals surface area contributed by atoms with Gasteiger partial charge in [0.2, 0.25) is 0 Å². The highest BCUT2D eigenvalue weighted by Crippen LogP contribution is 2.47. The monoisotopic (exact) mass is 746 g/mol. The maximum absolute atomic E-state index is 6.42. The van der Waals surface area contributed by atoms with E-state index in [4.69, 9.17) is 19.4 Å². The van der Waals surface area contributed by atoms with Gasteiger partial charge in [-0.05, 0) is 65.7 Å². The normalized spacial score (nSPS) is 11.9. The molecule has 0 saturated heterocycles. The predicted molar refractivity (Wildman–Crippen MR) is 236 cm³/mol. The maximum Gasteiger partial charge on any atom is 0.165 e. The van der Waals surface area contributed by atoms with Gasteiger partial charge in [0.15, 0.2) is 17.5 Å². The van der Waals surface area contributed by atoms with Gasteiger partial charge in [0, 0.05) is 64.1 Å². The Kier molecular flexibility index (Phi) is 7.03. The lowest BCUT2D eigenvalue weighted by Gasteiger charge is -2.12. The van der Waals surface area contributed by atoms with Crippen LogP contribution >= 0.6 is 11.3 Å². The topological polar surface area (TPSA) is 56.7 Å². The lowest BCUT2D eigenvalue weighted by atomic mass is 9.97. The van der Waals surface area contributed by atoms with Crippen molar-refractivity contribution >= 4 is 75.3 Å². The molecule has 266 valence electrons. The van der Waals surface area contributed by atoms with Crippen molar-refractivity contribution in [3.05, 3.63) is 182 Å². The minimum Gasteiger partial charge on any atom is -0.456 e. The molecule has 0 unspecified atom stereocenters. The zero-order chi connectivity index (χ0) is 37.5. The van der Waals surface area contributed by atoms with E-state index in [0.717, 1.165) is 65.5 Å². The summed E-state index contributed by atoms with van der Waals surface area (Å²) in [5.74, 6) is 1.91. The van der Waals surface area contributed by atoms with E-state index in [0.29, 0.717) is 17.5 Å². The molecule has 5 nitrogen and oxygen atoms in total. The fraction of sp³-hybridized carbons (Fsp3) is 0. The number of hydrogen-bond donors (Lipinski definition) is 0. The van der Waals surface area contributed by atoms with Crippen LogP contribution in [-0.4, -0.2) is 19.5 Å². The van der Waals surface area contributed by atoms with E-state index in [9.17, 15) is 0 Å². The van der Waals surface area contributed by atoms with Crippen LogP contribution < -0.4 is 0 Å². The summed E-state index contributed by atoms with van der Waals surface area (Å²) in [6, 6.07) is 63.8. The van der Waals surface area contributed by atoms with Crippen LogP contribution in [0.3, 0.4) is 0 Å². The first-order chi connectivity index (χ1) is 28.2. The predicted octanol–water partition coefficient (Wildman–Crippen LogP) is 13.9. The zero-order valence-electron chi connectivity index (χ0n) is 30.4. The molecule has 4 heterocycles. The summed E-state index contributed by atoms with van der Waals surface area (Å²) in [6.45, 7) is 0. The second-order valence-corrected chi connectivity index (χ2v) is 15.4. The number of aromatic nitrogens is 4. The second kappa shape index (κ2) is 12.6. The molecule has 0 spiro atoms. The maximum atomic E-state index is 6.42. The number of benzene rings is 8. The van der Waals surface area contributed by atoms with Crippen molar-refractivity contribution in [2.45, 2.75) is 0 Å². The van der Waals surface area contributed by atoms with Crippen LogP contribution in [0.25, 0.3) is 115 Å². The third-order valence-electron chi connectivity index (χ3n) is 11.1. The average molecular weight is 747 g/mol. The van der Waals surface area contributed by atoms with Gasteiger partial charge < -0.3 is 8.98 Å². The number of fused-ring (bicyclic) bond motifs is 10. The molecule has 0 fully saturated rings. The molecular formula is C51H30N4OS. The summed E-state index contributed by atoms with van der Waals surface area (Å²) in [6.07, 6.45) is 0. The molecule has 0 aliphatic rings. The molecule has 4 aromatic heterocycles. The van der Waals surface area contributed by atoms with Crippen LogP contribution in [-0.2, 0) is 0 Å². The summed E-state index contributed by atoms with van der Waals surface area (Å²) in [4.78, 5) is 15.5. The van der Waals surface area contributed by atoms with Crippen molar-refractivity contribution in [1.29, 1.82) is 0 Å². The highest BCUT2D eigenvalue weighted by atomic mass is 32.1. The van der Waals surface area contributed by atoms with Crippen molar-refractivity contribution in [3.8, 4) is 51.0 Å². The number of nitrogens with zero attached hydrogens (tertiary/aromatic N) is 4. The molecule has 0 aliphatic heterocycles. The minimum atomic E-state index is 0.635. The Morgan fingerprint density at radius 3 is 1.65 bits per heavy atom. The van der Waals surface area contributed by atoms with Crippen molar-refractivity contribution < 1.29 is 4.42 Å². The first-order valence-corrected chi connectivity index (χ1v) is 19.8. The second-order valence-electron chi connectivity index (χ2n) is 14.4. The Balaban J connectivity index is 1.12. The van der Waals surface area contributed by atoms with Crippen LogP contribution in [0.1, 0.15) is 0 Å². The summed E-state index contributed by atoms with van der Waals surface area (Å²) in [7, 11) is 0. The van der Waals surface area contributed by atoms with Crippen molar-refractivity contribution in [3.63, 3.8) is 0 Å². The Bertz CT molecular complexity index is 3400. The SMILES string of the molecule is c1ccc(-c2nc(-c3ccccc3)nc(-c3cc(-c4ccc(-n5c6ccccc6c6ccccc65)cc4)cc4c3sc3ccc5oc6ccccc6c5c34)n2)cc1. The number of hydrogen-bond acceptors (Lipinski definition) is 5. The molecule has 57 heavy (non-hydrogen) atoms. The Morgan fingerprint density at radius 2 is 0.982 bits per heavy atom. The number of para-hydroxylation sites is 3. The Labute approximate surface area is 330 Å². The molecule has 6 heteroatoms. The highest BCUT2D eigenvalue weighted by molar-refractivity contribution is 7.26. The summed E-state index contributed by atoms with van der Waals surface area (Å²) in [5.41, 5.74) is 10.3. The molecular weight excluding hydrogens is 717 g/mol. The van der Waals surface area contributed by atoms with E-state index in [1.807, 2.05) is 48.5 Å². The van der Waals surface area contributed by atoms with Crippen LogP contribution in [0.5, 0.6) is 0 Å². The van der Waals surface area contributed by atoms with Gasteiger partial charge in [-0.3, -0.25) is 0 Å². The number of thiophene rings is 1. The molecule has 0 atom stereocenters. The van der Waals surface area contributed by atoms with Crippen LogP contribution in [0.4, 0.5) is 0 Å². The van der Waals surface area contributed by atoms with Gasteiger partial charge >= 0.3 is 0 Å². The highest BCUT2D eigenvalue weighted by Gasteiger charge is 2.22. The lowest BCUT2D eigenvalue weighted by molar-refractivity contribution is 0.669. The zero-order valence-corrected chi connectivity index (χ0v) is 31.2. The molecule has 0 bridgehead atoms. The van der Waals surface area contributed by atoms with Crippen LogP contribution in [0.2, 0.25) is 0 Å². The quantitative estimate of drug-likeness (QED) is 0.176.